The largest absolute Gasteiger partial charge is 0.468 e. The van der Waals surface area contributed by atoms with Gasteiger partial charge in [-0.25, -0.2) is 4.99 Å². The van der Waals surface area contributed by atoms with Gasteiger partial charge in [0.25, 0.3) is 0 Å². The van der Waals surface area contributed by atoms with Crippen LogP contribution >= 0.6 is 24.0 Å². The second-order valence-corrected chi connectivity index (χ2v) is 7.20. The number of halogens is 1. The molecule has 0 atom stereocenters. The molecule has 1 heterocycles. The zero-order valence-electron chi connectivity index (χ0n) is 16.1. The van der Waals surface area contributed by atoms with E-state index in [9.17, 15) is 0 Å². The summed E-state index contributed by atoms with van der Waals surface area (Å²) in [5, 5.41) is 3.38. The molecule has 0 bridgehead atoms. The Labute approximate surface area is 179 Å². The van der Waals surface area contributed by atoms with Crippen molar-refractivity contribution in [3.8, 4) is 0 Å². The van der Waals surface area contributed by atoms with Gasteiger partial charge >= 0.3 is 0 Å². The number of nitrogens with zero attached hydrogens (tertiary/aromatic N) is 2. The highest BCUT2D eigenvalue weighted by Crippen LogP contribution is 2.17. The monoisotopic (exact) mass is 482 g/mol. The standard InChI is InChI=1S/C21H30N4O.HI/c1-25(16-20-12-7-13-26-20)15-18-9-6-5-8-17(18)14-23-21(22)24-19-10-3-2-4-11-19;/h5-9,12-13,19H,2-4,10-11,14-16H2,1H3,(H3,22,23,24);1H. The molecule has 6 heteroatoms. The highest BCUT2D eigenvalue weighted by molar-refractivity contribution is 14.0. The van der Waals surface area contributed by atoms with Gasteiger partial charge in [0.2, 0.25) is 0 Å². The van der Waals surface area contributed by atoms with E-state index in [2.05, 4.69) is 46.5 Å². The first kappa shape index (κ1) is 21.8. The predicted molar refractivity (Wildman–Crippen MR) is 121 cm³/mol. The molecular formula is C21H31IN4O. The maximum absolute atomic E-state index is 6.11. The van der Waals surface area contributed by atoms with Gasteiger partial charge in [-0.1, -0.05) is 43.5 Å². The Morgan fingerprint density at radius 2 is 1.85 bits per heavy atom. The number of nitrogens with one attached hydrogen (secondary N) is 1. The number of furan rings is 1. The normalized spacial score (nSPS) is 15.6. The molecule has 0 aliphatic heterocycles. The Bertz CT molecular complexity index is 696. The van der Waals surface area contributed by atoms with Crippen molar-refractivity contribution >= 4 is 29.9 Å². The van der Waals surface area contributed by atoms with Crippen molar-refractivity contribution in [3.63, 3.8) is 0 Å². The zero-order chi connectivity index (χ0) is 18.2. The number of hydrogen-bond acceptors (Lipinski definition) is 3. The van der Waals surface area contributed by atoms with E-state index in [0.717, 1.165) is 18.8 Å². The molecule has 5 nitrogen and oxygen atoms in total. The number of guanidine groups is 1. The number of rotatable bonds is 7. The predicted octanol–water partition coefficient (Wildman–Crippen LogP) is 4.27. The minimum atomic E-state index is 0. The summed E-state index contributed by atoms with van der Waals surface area (Å²) in [7, 11) is 2.10. The highest BCUT2D eigenvalue weighted by Gasteiger charge is 2.13. The fraction of sp³-hybridized carbons (Fsp3) is 0.476. The topological polar surface area (TPSA) is 66.8 Å². The number of nitrogens with two attached hydrogens (primary N) is 1. The van der Waals surface area contributed by atoms with Gasteiger partial charge in [-0.2, -0.15) is 0 Å². The Morgan fingerprint density at radius 3 is 2.56 bits per heavy atom. The SMILES string of the molecule is CN(Cc1ccco1)Cc1ccccc1CN=C(N)NC1CCCCC1.I. The quantitative estimate of drug-likeness (QED) is 0.352. The van der Waals surface area contributed by atoms with E-state index in [1.54, 1.807) is 6.26 Å². The summed E-state index contributed by atoms with van der Waals surface area (Å²) in [6.07, 6.45) is 8.03. The van der Waals surface area contributed by atoms with Crippen LogP contribution in [0.5, 0.6) is 0 Å². The summed E-state index contributed by atoms with van der Waals surface area (Å²) in [6.45, 7) is 2.24. The molecule has 1 aromatic heterocycles. The second-order valence-electron chi connectivity index (χ2n) is 7.20. The van der Waals surface area contributed by atoms with E-state index in [1.807, 2.05) is 12.1 Å². The smallest absolute Gasteiger partial charge is 0.189 e. The summed E-state index contributed by atoms with van der Waals surface area (Å²) in [4.78, 5) is 6.82. The van der Waals surface area contributed by atoms with Crippen LogP contribution in [0.3, 0.4) is 0 Å². The fourth-order valence-electron chi connectivity index (χ4n) is 3.55. The molecular weight excluding hydrogens is 451 g/mol. The van der Waals surface area contributed by atoms with Crippen LogP contribution in [0.15, 0.2) is 52.1 Å². The molecule has 0 radical (unpaired) electrons. The van der Waals surface area contributed by atoms with Gasteiger partial charge in [0, 0.05) is 12.6 Å². The third-order valence-corrected chi connectivity index (χ3v) is 4.94. The first-order valence-corrected chi connectivity index (χ1v) is 9.55. The lowest BCUT2D eigenvalue weighted by atomic mass is 9.96. The van der Waals surface area contributed by atoms with E-state index in [4.69, 9.17) is 10.2 Å². The molecule has 3 N–H and O–H groups in total. The fourth-order valence-corrected chi connectivity index (χ4v) is 3.55. The van der Waals surface area contributed by atoms with Crippen molar-refractivity contribution in [3.05, 3.63) is 59.5 Å². The molecule has 1 saturated carbocycles. The molecule has 3 rings (SSSR count). The third-order valence-electron chi connectivity index (χ3n) is 4.94. The van der Waals surface area contributed by atoms with Gasteiger partial charge in [-0.05, 0) is 43.1 Å². The summed E-state index contributed by atoms with van der Waals surface area (Å²) in [5.41, 5.74) is 8.60. The minimum absolute atomic E-state index is 0. The van der Waals surface area contributed by atoms with Crippen LogP contribution in [0.4, 0.5) is 0 Å². The van der Waals surface area contributed by atoms with E-state index in [0.29, 0.717) is 18.5 Å². The van der Waals surface area contributed by atoms with Gasteiger partial charge in [0.1, 0.15) is 5.76 Å². The Hall–Kier alpha value is -1.54. The van der Waals surface area contributed by atoms with Crippen molar-refractivity contribution in [2.45, 2.75) is 57.8 Å². The van der Waals surface area contributed by atoms with Crippen LogP contribution in [0.1, 0.15) is 49.0 Å². The van der Waals surface area contributed by atoms with Crippen LogP contribution in [0.2, 0.25) is 0 Å². The molecule has 0 spiro atoms. The number of hydrogen-bond donors (Lipinski definition) is 2. The summed E-state index contributed by atoms with van der Waals surface area (Å²) in [5.74, 6) is 1.54. The lowest BCUT2D eigenvalue weighted by Gasteiger charge is -2.23. The van der Waals surface area contributed by atoms with Gasteiger partial charge in [0.15, 0.2) is 5.96 Å². The Balaban J connectivity index is 0.00000261. The van der Waals surface area contributed by atoms with E-state index in [-0.39, 0.29) is 24.0 Å². The molecule has 1 aliphatic carbocycles. The third kappa shape index (κ3) is 7.18. The average molecular weight is 482 g/mol. The summed E-state index contributed by atoms with van der Waals surface area (Å²) in [6, 6.07) is 12.8. The van der Waals surface area contributed by atoms with Gasteiger partial charge in [0.05, 0.1) is 19.4 Å². The van der Waals surface area contributed by atoms with Gasteiger partial charge in [-0.3, -0.25) is 4.90 Å². The maximum atomic E-state index is 6.11. The molecule has 1 aromatic carbocycles. The first-order chi connectivity index (χ1) is 12.7. The molecule has 27 heavy (non-hydrogen) atoms. The van der Waals surface area contributed by atoms with E-state index in [1.165, 1.54) is 43.2 Å². The maximum Gasteiger partial charge on any atom is 0.189 e. The summed E-state index contributed by atoms with van der Waals surface area (Å²) >= 11 is 0. The zero-order valence-corrected chi connectivity index (χ0v) is 18.4. The molecule has 0 amide bonds. The molecule has 0 unspecified atom stereocenters. The van der Waals surface area contributed by atoms with Gasteiger partial charge < -0.3 is 15.5 Å². The average Bonchev–Trinajstić information content (AvgIpc) is 3.14. The molecule has 1 aliphatic rings. The van der Waals surface area contributed by atoms with Crippen LogP contribution in [-0.4, -0.2) is 23.9 Å². The number of aliphatic imine (C=N–C) groups is 1. The molecule has 2 aromatic rings. The second kappa shape index (κ2) is 11.3. The van der Waals surface area contributed by atoms with Crippen LogP contribution in [0, 0.1) is 0 Å². The van der Waals surface area contributed by atoms with Crippen LogP contribution in [-0.2, 0) is 19.6 Å². The lowest BCUT2D eigenvalue weighted by Crippen LogP contribution is -2.41. The Kier molecular flexibility index (Phi) is 9.14. The summed E-state index contributed by atoms with van der Waals surface area (Å²) < 4.78 is 5.43. The lowest BCUT2D eigenvalue weighted by molar-refractivity contribution is 0.287. The van der Waals surface area contributed by atoms with Crippen molar-refractivity contribution in [1.29, 1.82) is 0 Å². The molecule has 0 saturated heterocycles. The van der Waals surface area contributed by atoms with Crippen LogP contribution in [0.25, 0.3) is 0 Å². The van der Waals surface area contributed by atoms with Crippen molar-refractivity contribution in [1.82, 2.24) is 10.2 Å². The molecule has 1 fully saturated rings. The number of benzene rings is 1. The van der Waals surface area contributed by atoms with Crippen molar-refractivity contribution in [2.24, 2.45) is 10.7 Å². The minimum Gasteiger partial charge on any atom is -0.468 e. The first-order valence-electron chi connectivity index (χ1n) is 9.55. The van der Waals surface area contributed by atoms with Crippen LogP contribution < -0.4 is 11.1 Å². The van der Waals surface area contributed by atoms with Crippen molar-refractivity contribution in [2.75, 3.05) is 7.05 Å². The van der Waals surface area contributed by atoms with E-state index >= 15 is 0 Å². The van der Waals surface area contributed by atoms with E-state index < -0.39 is 0 Å². The molecule has 148 valence electrons. The Morgan fingerprint density at radius 1 is 1.11 bits per heavy atom. The van der Waals surface area contributed by atoms with Crippen molar-refractivity contribution < 1.29 is 4.42 Å². The highest BCUT2D eigenvalue weighted by atomic mass is 127. The van der Waals surface area contributed by atoms with Gasteiger partial charge in [-0.15, -0.1) is 24.0 Å².